The second-order valence-electron chi connectivity index (χ2n) is 8.04. The molecule has 37 heavy (non-hydrogen) atoms. The molecular formula is C29H24N4O4. The zero-order valence-electron chi connectivity index (χ0n) is 20.3. The van der Waals surface area contributed by atoms with Gasteiger partial charge in [0.05, 0.1) is 37.4 Å². The van der Waals surface area contributed by atoms with Gasteiger partial charge in [-0.2, -0.15) is 5.26 Å². The summed E-state index contributed by atoms with van der Waals surface area (Å²) in [5.74, 6) is -2.45. The zero-order chi connectivity index (χ0) is 26.4. The summed E-state index contributed by atoms with van der Waals surface area (Å²) < 4.78 is 10.1. The predicted molar refractivity (Wildman–Crippen MR) is 139 cm³/mol. The van der Waals surface area contributed by atoms with Crippen LogP contribution in [0, 0.1) is 11.3 Å². The molecule has 0 spiro atoms. The van der Waals surface area contributed by atoms with Gasteiger partial charge in [-0.15, -0.1) is 0 Å². The van der Waals surface area contributed by atoms with Crippen molar-refractivity contribution in [1.82, 2.24) is 4.98 Å². The number of allylic oxidation sites excluding steroid dienone is 1. The molecule has 3 aromatic rings. The molecule has 1 aliphatic heterocycles. The Labute approximate surface area is 214 Å². The summed E-state index contributed by atoms with van der Waals surface area (Å²) in [7, 11) is 2.43. The number of aromatic nitrogens is 1. The average molecular weight is 493 g/mol. The molecule has 0 amide bonds. The van der Waals surface area contributed by atoms with E-state index in [4.69, 9.17) is 15.2 Å². The molecule has 1 aromatic heterocycles. The van der Waals surface area contributed by atoms with Gasteiger partial charge in [0, 0.05) is 18.1 Å². The van der Waals surface area contributed by atoms with Crippen LogP contribution < -0.4 is 10.6 Å². The summed E-state index contributed by atoms with van der Waals surface area (Å²) in [6.45, 7) is 0. The molecule has 2 N–H and O–H groups in total. The number of carbonyl (C=O) groups excluding carboxylic acids is 2. The number of hydrogen-bond acceptors (Lipinski definition) is 8. The van der Waals surface area contributed by atoms with E-state index < -0.39 is 17.9 Å². The van der Waals surface area contributed by atoms with Crippen LogP contribution in [-0.2, 0) is 19.1 Å². The number of carbonyl (C=O) groups is 2. The van der Waals surface area contributed by atoms with Gasteiger partial charge in [-0.1, -0.05) is 54.6 Å². The zero-order valence-corrected chi connectivity index (χ0v) is 20.3. The molecule has 1 aliphatic rings. The van der Waals surface area contributed by atoms with Crippen LogP contribution in [0.4, 0.5) is 5.69 Å². The summed E-state index contributed by atoms with van der Waals surface area (Å²) >= 11 is 0. The largest absolute Gasteiger partial charge is 0.466 e. The Hall–Kier alpha value is -5.16. The Morgan fingerprint density at radius 3 is 2.08 bits per heavy atom. The Bertz CT molecular complexity index is 1440. The summed E-state index contributed by atoms with van der Waals surface area (Å²) in [6.07, 6.45) is 7.30. The minimum atomic E-state index is -0.911. The molecule has 1 unspecified atom stereocenters. The molecule has 8 nitrogen and oxygen atoms in total. The van der Waals surface area contributed by atoms with Gasteiger partial charge in [0.2, 0.25) is 0 Å². The van der Waals surface area contributed by atoms with Crippen LogP contribution in [-0.4, -0.2) is 31.1 Å². The quantitative estimate of drug-likeness (QED) is 0.510. The molecule has 0 fully saturated rings. The van der Waals surface area contributed by atoms with E-state index in [1.165, 1.54) is 19.1 Å². The van der Waals surface area contributed by atoms with Crippen molar-refractivity contribution < 1.29 is 19.1 Å². The highest BCUT2D eigenvalue weighted by Crippen LogP contribution is 2.43. The van der Waals surface area contributed by atoms with E-state index in [1.54, 1.807) is 48.8 Å². The molecule has 1 atom stereocenters. The third-order valence-electron chi connectivity index (χ3n) is 5.94. The Morgan fingerprint density at radius 2 is 1.51 bits per heavy atom. The van der Waals surface area contributed by atoms with Gasteiger partial charge < -0.3 is 15.2 Å². The normalized spacial score (nSPS) is 15.5. The van der Waals surface area contributed by atoms with E-state index >= 15 is 0 Å². The lowest BCUT2D eigenvalue weighted by Crippen LogP contribution is -2.40. The van der Waals surface area contributed by atoms with E-state index in [-0.39, 0.29) is 22.7 Å². The number of hydrogen-bond donors (Lipinski definition) is 1. The van der Waals surface area contributed by atoms with Crippen LogP contribution in [0.1, 0.15) is 22.6 Å². The number of methoxy groups -OCH3 is 2. The molecule has 0 aliphatic carbocycles. The molecular weight excluding hydrogens is 468 g/mol. The first-order chi connectivity index (χ1) is 18.0. The van der Waals surface area contributed by atoms with Crippen LogP contribution in [0.5, 0.6) is 0 Å². The van der Waals surface area contributed by atoms with E-state index in [9.17, 15) is 14.9 Å². The third-order valence-corrected chi connectivity index (χ3v) is 5.94. The summed E-state index contributed by atoms with van der Waals surface area (Å²) in [6, 6.07) is 22.0. The second kappa shape index (κ2) is 11.1. The van der Waals surface area contributed by atoms with E-state index in [0.717, 1.165) is 11.1 Å². The van der Waals surface area contributed by atoms with Crippen LogP contribution >= 0.6 is 0 Å². The van der Waals surface area contributed by atoms with Crippen molar-refractivity contribution in [3.8, 4) is 6.07 Å². The number of ether oxygens (including phenoxy) is 2. The highest BCUT2D eigenvalue weighted by atomic mass is 16.5. The predicted octanol–water partition coefficient (Wildman–Crippen LogP) is 4.15. The van der Waals surface area contributed by atoms with Crippen molar-refractivity contribution in [2.75, 3.05) is 19.1 Å². The molecule has 2 aromatic carbocycles. The van der Waals surface area contributed by atoms with Crippen molar-refractivity contribution in [1.29, 1.82) is 5.26 Å². The molecule has 184 valence electrons. The number of rotatable bonds is 6. The lowest BCUT2D eigenvalue weighted by molar-refractivity contribution is -0.139. The highest BCUT2D eigenvalue weighted by Gasteiger charge is 2.42. The molecule has 0 bridgehead atoms. The fourth-order valence-electron chi connectivity index (χ4n) is 4.18. The SMILES string of the molecule is COC(=O)C1=C(C(=O)OC)N(c2ccc(C=Cc3ccncc3)cc2)C(N)=C(C#N)C1c1ccccc1. The monoisotopic (exact) mass is 492 g/mol. The summed E-state index contributed by atoms with van der Waals surface area (Å²) in [4.78, 5) is 31.6. The Kier molecular flexibility index (Phi) is 7.45. The van der Waals surface area contributed by atoms with Gasteiger partial charge >= 0.3 is 11.9 Å². The minimum Gasteiger partial charge on any atom is -0.466 e. The topological polar surface area (TPSA) is 119 Å². The van der Waals surface area contributed by atoms with E-state index in [0.29, 0.717) is 11.3 Å². The number of benzene rings is 2. The third kappa shape index (κ3) is 4.97. The maximum Gasteiger partial charge on any atom is 0.355 e. The van der Waals surface area contributed by atoms with Gasteiger partial charge in [-0.05, 0) is 41.0 Å². The molecule has 2 heterocycles. The Balaban J connectivity index is 1.86. The Morgan fingerprint density at radius 1 is 0.919 bits per heavy atom. The molecule has 8 heteroatoms. The summed E-state index contributed by atoms with van der Waals surface area (Å²) in [5, 5.41) is 10.1. The fourth-order valence-corrected chi connectivity index (χ4v) is 4.18. The summed E-state index contributed by atoms with van der Waals surface area (Å²) in [5.41, 5.74) is 9.45. The van der Waals surface area contributed by atoms with Gasteiger partial charge in [0.15, 0.2) is 0 Å². The standard InChI is InChI=1S/C29H24N4O4/c1-36-28(34)25-24(21-6-4-3-5-7-21)23(18-30)27(31)33(26(25)29(35)37-2)22-12-10-19(11-13-22)8-9-20-14-16-32-17-15-20/h3-17,24H,31H2,1-2H3. The maximum atomic E-state index is 13.1. The fraction of sp³-hybridized carbons (Fsp3) is 0.103. The van der Waals surface area contributed by atoms with Gasteiger partial charge in [-0.3, -0.25) is 9.88 Å². The number of pyridine rings is 1. The van der Waals surface area contributed by atoms with Gasteiger partial charge in [0.25, 0.3) is 0 Å². The van der Waals surface area contributed by atoms with Crippen LogP contribution in [0.2, 0.25) is 0 Å². The lowest BCUT2D eigenvalue weighted by Gasteiger charge is -2.35. The average Bonchev–Trinajstić information content (AvgIpc) is 2.95. The smallest absolute Gasteiger partial charge is 0.355 e. The van der Waals surface area contributed by atoms with Gasteiger partial charge in [0.1, 0.15) is 11.5 Å². The molecule has 4 rings (SSSR count). The minimum absolute atomic E-state index is 0.0180. The molecule has 0 radical (unpaired) electrons. The van der Waals surface area contributed by atoms with Crippen molar-refractivity contribution in [2.24, 2.45) is 5.73 Å². The van der Waals surface area contributed by atoms with Crippen LogP contribution in [0.15, 0.2) is 102 Å². The first-order valence-corrected chi connectivity index (χ1v) is 11.3. The van der Waals surface area contributed by atoms with Crippen molar-refractivity contribution in [2.45, 2.75) is 5.92 Å². The maximum absolute atomic E-state index is 13.1. The van der Waals surface area contributed by atoms with Crippen molar-refractivity contribution in [3.05, 3.63) is 118 Å². The van der Waals surface area contributed by atoms with E-state index in [2.05, 4.69) is 11.1 Å². The number of anilines is 1. The molecule has 0 saturated heterocycles. The first-order valence-electron chi connectivity index (χ1n) is 11.3. The second-order valence-corrected chi connectivity index (χ2v) is 8.04. The van der Waals surface area contributed by atoms with Gasteiger partial charge in [-0.25, -0.2) is 9.59 Å². The number of nitrogens with two attached hydrogens (primary N) is 1. The van der Waals surface area contributed by atoms with Crippen molar-refractivity contribution in [3.63, 3.8) is 0 Å². The van der Waals surface area contributed by atoms with E-state index in [1.807, 2.05) is 42.5 Å². The number of nitrogens with zero attached hydrogens (tertiary/aromatic N) is 3. The lowest BCUT2D eigenvalue weighted by atomic mass is 9.81. The van der Waals surface area contributed by atoms with Crippen molar-refractivity contribution >= 4 is 29.8 Å². The highest BCUT2D eigenvalue weighted by molar-refractivity contribution is 6.06. The van der Waals surface area contributed by atoms with Crippen LogP contribution in [0.25, 0.3) is 12.2 Å². The number of esters is 2. The first kappa shape index (κ1) is 24.9. The van der Waals surface area contributed by atoms with Crippen LogP contribution in [0.3, 0.4) is 0 Å². The number of nitriles is 1. The molecule has 0 saturated carbocycles.